The molecule has 0 N–H and O–H groups in total. The van der Waals surface area contributed by atoms with Gasteiger partial charge in [-0.2, -0.15) is 5.10 Å². The highest BCUT2D eigenvalue weighted by Gasteiger charge is 2.26. The van der Waals surface area contributed by atoms with Crippen LogP contribution in [0.1, 0.15) is 18.3 Å². The second-order valence-electron chi connectivity index (χ2n) is 3.73. The van der Waals surface area contributed by atoms with Crippen LogP contribution in [0.5, 0.6) is 0 Å². The molecule has 0 spiro atoms. The van der Waals surface area contributed by atoms with Crippen molar-refractivity contribution in [3.05, 3.63) is 21.5 Å². The molecule has 0 aromatic carbocycles. The lowest BCUT2D eigenvalue weighted by Crippen LogP contribution is -2.14. The normalized spacial score (nSPS) is 12.7. The van der Waals surface area contributed by atoms with Crippen LogP contribution in [0.3, 0.4) is 0 Å². The number of hydrogen-bond donors (Lipinski definition) is 0. The molecule has 0 aliphatic rings. The molecule has 1 unspecified atom stereocenters. The lowest BCUT2D eigenvalue weighted by atomic mass is 10.1. The van der Waals surface area contributed by atoms with Gasteiger partial charge in [-0.05, 0) is 6.42 Å². The molecule has 1 heterocycles. The van der Waals surface area contributed by atoms with Crippen LogP contribution >= 0.6 is 11.6 Å². The van der Waals surface area contributed by atoms with Crippen LogP contribution in [0.2, 0.25) is 0 Å². The Balaban J connectivity index is 3.04. The van der Waals surface area contributed by atoms with Crippen molar-refractivity contribution in [2.24, 2.45) is 7.05 Å². The average molecular weight is 262 g/mol. The van der Waals surface area contributed by atoms with Crippen molar-refractivity contribution in [1.82, 2.24) is 9.78 Å². The molecule has 0 fully saturated rings. The molecule has 1 aromatic rings. The SMILES string of the molecule is CCc1nn(C)c(CC(Cl)COC)c1[N+](=O)[O-]. The maximum atomic E-state index is 11.0. The van der Waals surface area contributed by atoms with Crippen molar-refractivity contribution in [3.8, 4) is 0 Å². The van der Waals surface area contributed by atoms with Crippen LogP contribution in [0.4, 0.5) is 5.69 Å². The van der Waals surface area contributed by atoms with E-state index >= 15 is 0 Å². The van der Waals surface area contributed by atoms with Gasteiger partial charge in [0.2, 0.25) is 0 Å². The number of ether oxygens (including phenoxy) is 1. The van der Waals surface area contributed by atoms with Gasteiger partial charge in [0.25, 0.3) is 0 Å². The Hall–Kier alpha value is -1.14. The minimum atomic E-state index is -0.391. The molecule has 6 nitrogen and oxygen atoms in total. The van der Waals surface area contributed by atoms with E-state index in [0.717, 1.165) is 0 Å². The smallest absolute Gasteiger partial charge is 0.313 e. The van der Waals surface area contributed by atoms with Gasteiger partial charge >= 0.3 is 5.69 Å². The van der Waals surface area contributed by atoms with Crippen LogP contribution in [0, 0.1) is 10.1 Å². The number of nitrogens with zero attached hydrogens (tertiary/aromatic N) is 3. The maximum absolute atomic E-state index is 11.0. The molecule has 0 radical (unpaired) electrons. The number of alkyl halides is 1. The van der Waals surface area contributed by atoms with Gasteiger partial charge in [-0.3, -0.25) is 14.8 Å². The second kappa shape index (κ2) is 5.97. The molecule has 1 atom stereocenters. The van der Waals surface area contributed by atoms with Gasteiger partial charge < -0.3 is 4.74 Å². The third-order valence-electron chi connectivity index (χ3n) is 2.49. The summed E-state index contributed by atoms with van der Waals surface area (Å²) in [5, 5.41) is 14.9. The van der Waals surface area contributed by atoms with E-state index in [1.807, 2.05) is 6.92 Å². The molecule has 0 saturated carbocycles. The summed E-state index contributed by atoms with van der Waals surface area (Å²) in [6.07, 6.45) is 0.899. The molecular formula is C10H16ClN3O3. The first-order valence-corrected chi connectivity index (χ1v) is 5.77. The minimum Gasteiger partial charge on any atom is -0.383 e. The fourth-order valence-corrected chi connectivity index (χ4v) is 2.01. The van der Waals surface area contributed by atoms with E-state index in [0.29, 0.717) is 30.8 Å². The van der Waals surface area contributed by atoms with E-state index < -0.39 is 4.92 Å². The average Bonchev–Trinajstić information content (AvgIpc) is 2.56. The summed E-state index contributed by atoms with van der Waals surface area (Å²) in [6, 6.07) is 0. The molecule has 96 valence electrons. The predicted molar refractivity (Wildman–Crippen MR) is 64.5 cm³/mol. The summed E-state index contributed by atoms with van der Waals surface area (Å²) in [7, 11) is 3.24. The Kier molecular flexibility index (Phi) is 4.89. The van der Waals surface area contributed by atoms with Crippen molar-refractivity contribution >= 4 is 17.3 Å². The van der Waals surface area contributed by atoms with E-state index in [9.17, 15) is 10.1 Å². The topological polar surface area (TPSA) is 70.2 Å². The van der Waals surface area contributed by atoms with Crippen molar-refractivity contribution in [2.45, 2.75) is 25.1 Å². The zero-order valence-corrected chi connectivity index (χ0v) is 10.9. The Morgan fingerprint density at radius 2 is 2.29 bits per heavy atom. The third-order valence-corrected chi connectivity index (χ3v) is 2.77. The molecule has 0 amide bonds. The zero-order chi connectivity index (χ0) is 13.0. The lowest BCUT2D eigenvalue weighted by Gasteiger charge is -2.07. The molecule has 0 aliphatic carbocycles. The first-order valence-electron chi connectivity index (χ1n) is 5.33. The van der Waals surface area contributed by atoms with Crippen LogP contribution in [-0.2, 0) is 24.6 Å². The minimum absolute atomic E-state index is 0.0803. The number of halogens is 1. The van der Waals surface area contributed by atoms with E-state index in [4.69, 9.17) is 16.3 Å². The number of aryl methyl sites for hydroxylation is 2. The predicted octanol–water partition coefficient (Wildman–Crippen LogP) is 1.69. The highest BCUT2D eigenvalue weighted by molar-refractivity contribution is 6.20. The summed E-state index contributed by atoms with van der Waals surface area (Å²) < 4.78 is 6.45. The summed E-state index contributed by atoms with van der Waals surface area (Å²) in [5.74, 6) is 0. The van der Waals surface area contributed by atoms with Crippen molar-refractivity contribution in [1.29, 1.82) is 0 Å². The van der Waals surface area contributed by atoms with Gasteiger partial charge in [0.1, 0.15) is 11.4 Å². The number of methoxy groups -OCH3 is 1. The fraction of sp³-hybridized carbons (Fsp3) is 0.700. The largest absolute Gasteiger partial charge is 0.383 e. The highest BCUT2D eigenvalue weighted by Crippen LogP contribution is 2.25. The van der Waals surface area contributed by atoms with Gasteiger partial charge in [-0.25, -0.2) is 0 Å². The molecule has 7 heteroatoms. The van der Waals surface area contributed by atoms with Crippen LogP contribution in [-0.4, -0.2) is 33.8 Å². The van der Waals surface area contributed by atoms with E-state index in [-0.39, 0.29) is 11.1 Å². The van der Waals surface area contributed by atoms with Crippen LogP contribution in [0.25, 0.3) is 0 Å². The van der Waals surface area contributed by atoms with E-state index in [1.54, 1.807) is 14.2 Å². The second-order valence-corrected chi connectivity index (χ2v) is 4.35. The first-order chi connectivity index (χ1) is 8.01. The molecule has 0 bridgehead atoms. The number of aromatic nitrogens is 2. The van der Waals surface area contributed by atoms with E-state index in [1.165, 1.54) is 4.68 Å². The zero-order valence-electron chi connectivity index (χ0n) is 10.1. The van der Waals surface area contributed by atoms with Gasteiger partial charge in [0, 0.05) is 20.6 Å². The Bertz CT molecular complexity index is 406. The maximum Gasteiger partial charge on any atom is 0.313 e. The number of nitro groups is 1. The quantitative estimate of drug-likeness (QED) is 0.444. The van der Waals surface area contributed by atoms with Gasteiger partial charge in [-0.1, -0.05) is 6.92 Å². The summed E-state index contributed by atoms with van der Waals surface area (Å²) >= 11 is 6.03. The molecule has 0 aliphatic heterocycles. The third kappa shape index (κ3) is 3.17. The Labute approximate surface area is 105 Å². The summed E-state index contributed by atoms with van der Waals surface area (Å²) in [4.78, 5) is 10.6. The van der Waals surface area contributed by atoms with Crippen molar-refractivity contribution in [2.75, 3.05) is 13.7 Å². The number of hydrogen-bond acceptors (Lipinski definition) is 4. The molecule has 1 aromatic heterocycles. The Morgan fingerprint density at radius 1 is 1.65 bits per heavy atom. The van der Waals surface area contributed by atoms with E-state index in [2.05, 4.69) is 5.10 Å². The summed E-state index contributed by atoms with van der Waals surface area (Å²) in [6.45, 7) is 2.19. The van der Waals surface area contributed by atoms with Crippen LogP contribution < -0.4 is 0 Å². The Morgan fingerprint density at radius 3 is 2.76 bits per heavy atom. The molecule has 0 saturated heterocycles. The first kappa shape index (κ1) is 13.9. The monoisotopic (exact) mass is 261 g/mol. The molecular weight excluding hydrogens is 246 g/mol. The molecule has 17 heavy (non-hydrogen) atoms. The van der Waals surface area contributed by atoms with Gasteiger partial charge in [-0.15, -0.1) is 11.6 Å². The van der Waals surface area contributed by atoms with Gasteiger partial charge in [0.15, 0.2) is 0 Å². The number of rotatable bonds is 6. The lowest BCUT2D eigenvalue weighted by molar-refractivity contribution is -0.386. The van der Waals surface area contributed by atoms with Crippen LogP contribution in [0.15, 0.2) is 0 Å². The van der Waals surface area contributed by atoms with Crippen molar-refractivity contribution < 1.29 is 9.66 Å². The standard InChI is InChI=1S/C10H16ClN3O3/c1-4-8-10(14(15)16)9(13(2)12-8)5-7(11)6-17-3/h7H,4-6H2,1-3H3. The summed E-state index contributed by atoms with van der Waals surface area (Å²) in [5.41, 5.74) is 1.12. The fourth-order valence-electron chi connectivity index (χ4n) is 1.74. The highest BCUT2D eigenvalue weighted by atomic mass is 35.5. The van der Waals surface area contributed by atoms with Gasteiger partial charge in [0.05, 0.1) is 16.9 Å². The van der Waals surface area contributed by atoms with Crippen molar-refractivity contribution in [3.63, 3.8) is 0 Å². The molecule has 1 rings (SSSR count).